The van der Waals surface area contributed by atoms with Crippen molar-refractivity contribution in [2.75, 3.05) is 36.4 Å². The van der Waals surface area contributed by atoms with Crippen LogP contribution in [0.15, 0.2) is 89.3 Å². The fourth-order valence-electron chi connectivity index (χ4n) is 4.52. The third-order valence-electron chi connectivity index (χ3n) is 6.75. The molecule has 2 N–H and O–H groups in total. The normalized spacial score (nSPS) is 13.0. The number of nitrogens with one attached hydrogen (secondary N) is 2. The predicted molar refractivity (Wildman–Crippen MR) is 160 cm³/mol. The summed E-state index contributed by atoms with van der Waals surface area (Å²) in [6, 6.07) is 24.3. The van der Waals surface area contributed by atoms with E-state index in [1.54, 1.807) is 18.2 Å². The van der Waals surface area contributed by atoms with E-state index >= 15 is 0 Å². The van der Waals surface area contributed by atoms with Crippen molar-refractivity contribution < 1.29 is 18.9 Å². The Kier molecular flexibility index (Phi) is 8.06. The number of hydrogen-bond acceptors (Lipinski definition) is 7. The van der Waals surface area contributed by atoms with Crippen LogP contribution in [0.3, 0.4) is 0 Å². The molecule has 5 rings (SSSR count). The Hall–Kier alpha value is -5.03. The van der Waals surface area contributed by atoms with Crippen LogP contribution in [0.5, 0.6) is 0 Å². The van der Waals surface area contributed by atoms with Crippen molar-refractivity contribution in [3.05, 3.63) is 112 Å². The maximum atomic E-state index is 12.8. The molecule has 1 aliphatic heterocycles. The zero-order valence-corrected chi connectivity index (χ0v) is 23.0. The summed E-state index contributed by atoms with van der Waals surface area (Å²) in [6.45, 7) is 4.72. The summed E-state index contributed by atoms with van der Waals surface area (Å²) in [5, 5.41) is 16.7. The maximum Gasteiger partial charge on any atom is 0.293 e. The molecule has 11 heteroatoms. The topological polar surface area (TPSA) is 121 Å². The number of nitro groups is 1. The number of thiocarbonyl (C=S) groups is 1. The number of nitro benzene ring substituents is 1. The molecule has 2 heterocycles. The number of amides is 2. The number of furan rings is 1. The van der Waals surface area contributed by atoms with Crippen LogP contribution in [-0.2, 0) is 0 Å². The molecule has 2 amide bonds. The van der Waals surface area contributed by atoms with Crippen molar-refractivity contribution in [2.45, 2.75) is 6.92 Å². The molecule has 1 aliphatic rings. The van der Waals surface area contributed by atoms with Crippen molar-refractivity contribution in [2.24, 2.45) is 0 Å². The van der Waals surface area contributed by atoms with Crippen LogP contribution < -0.4 is 15.5 Å². The van der Waals surface area contributed by atoms with Gasteiger partial charge in [0.15, 0.2) is 10.9 Å². The molecular weight excluding hydrogens is 542 g/mol. The fraction of sp³-hybridized carbons (Fsp3) is 0.167. The lowest BCUT2D eigenvalue weighted by atomic mass is 10.1. The third kappa shape index (κ3) is 6.59. The Morgan fingerprint density at radius 1 is 0.927 bits per heavy atom. The number of carbonyl (C=O) groups excluding carboxylic acids is 2. The number of nitrogens with zero attached hydrogens (tertiary/aromatic N) is 3. The average molecular weight is 570 g/mol. The summed E-state index contributed by atoms with van der Waals surface area (Å²) in [6.07, 6.45) is 0. The largest absolute Gasteiger partial charge is 0.451 e. The summed E-state index contributed by atoms with van der Waals surface area (Å²) < 4.78 is 5.60. The van der Waals surface area contributed by atoms with E-state index in [2.05, 4.69) is 15.5 Å². The number of carbonyl (C=O) groups is 2. The molecule has 3 aromatic carbocycles. The average Bonchev–Trinajstić information content (AvgIpc) is 3.49. The summed E-state index contributed by atoms with van der Waals surface area (Å²) in [4.78, 5) is 40.1. The molecule has 1 saturated heterocycles. The first-order chi connectivity index (χ1) is 19.8. The lowest BCUT2D eigenvalue weighted by Gasteiger charge is -2.36. The van der Waals surface area contributed by atoms with Crippen LogP contribution in [0.4, 0.5) is 17.1 Å². The van der Waals surface area contributed by atoms with E-state index in [4.69, 9.17) is 16.6 Å². The number of rotatable bonds is 6. The van der Waals surface area contributed by atoms with Crippen LogP contribution in [0.2, 0.25) is 0 Å². The van der Waals surface area contributed by atoms with E-state index in [-0.39, 0.29) is 22.5 Å². The number of piperazine rings is 1. The molecule has 41 heavy (non-hydrogen) atoms. The van der Waals surface area contributed by atoms with Gasteiger partial charge in [0.1, 0.15) is 5.76 Å². The number of anilines is 2. The molecule has 0 saturated carbocycles. The van der Waals surface area contributed by atoms with Crippen LogP contribution in [0.25, 0.3) is 11.3 Å². The standard InChI is InChI=1S/C30H27N5O5S/c1-20-5-7-21(8-6-20)29(37)34-17-15-33(16-18-34)24-11-9-23(10-12-24)31-30(41)32-28(36)27-14-13-26(40-27)22-3-2-4-25(19-22)35(38)39/h2-14,19H,15-18H2,1H3,(H2,31,32,36,41). The Bertz CT molecular complexity index is 1590. The van der Waals surface area contributed by atoms with Crippen molar-refractivity contribution in [3.63, 3.8) is 0 Å². The van der Waals surface area contributed by atoms with E-state index in [0.29, 0.717) is 35.7 Å². The number of hydrogen-bond donors (Lipinski definition) is 2. The van der Waals surface area contributed by atoms with Gasteiger partial charge in [0.2, 0.25) is 0 Å². The molecule has 0 aliphatic carbocycles. The third-order valence-corrected chi connectivity index (χ3v) is 6.96. The highest BCUT2D eigenvalue weighted by molar-refractivity contribution is 7.80. The van der Waals surface area contributed by atoms with Gasteiger partial charge < -0.3 is 19.5 Å². The molecule has 0 unspecified atom stereocenters. The van der Waals surface area contributed by atoms with E-state index in [1.807, 2.05) is 60.4 Å². The Morgan fingerprint density at radius 3 is 2.32 bits per heavy atom. The van der Waals surface area contributed by atoms with E-state index in [1.165, 1.54) is 18.2 Å². The van der Waals surface area contributed by atoms with Crippen molar-refractivity contribution in [3.8, 4) is 11.3 Å². The Morgan fingerprint density at radius 2 is 1.63 bits per heavy atom. The van der Waals surface area contributed by atoms with Crippen molar-refractivity contribution in [1.29, 1.82) is 0 Å². The van der Waals surface area contributed by atoms with Gasteiger partial charge in [-0.2, -0.15) is 0 Å². The molecule has 1 aromatic heterocycles. The zero-order chi connectivity index (χ0) is 28.9. The van der Waals surface area contributed by atoms with Crippen molar-refractivity contribution in [1.82, 2.24) is 10.2 Å². The summed E-state index contributed by atoms with van der Waals surface area (Å²) in [5.41, 5.74) is 3.97. The van der Waals surface area contributed by atoms with Gasteiger partial charge in [0.05, 0.1) is 4.92 Å². The smallest absolute Gasteiger partial charge is 0.293 e. The highest BCUT2D eigenvalue weighted by atomic mass is 32.1. The second kappa shape index (κ2) is 12.0. The second-order valence-electron chi connectivity index (χ2n) is 9.57. The van der Waals surface area contributed by atoms with Gasteiger partial charge in [0.25, 0.3) is 17.5 Å². The highest BCUT2D eigenvalue weighted by Crippen LogP contribution is 2.26. The summed E-state index contributed by atoms with van der Waals surface area (Å²) >= 11 is 5.29. The monoisotopic (exact) mass is 569 g/mol. The first-order valence-electron chi connectivity index (χ1n) is 12.9. The van der Waals surface area contributed by atoms with Gasteiger partial charge in [-0.15, -0.1) is 0 Å². The summed E-state index contributed by atoms with van der Waals surface area (Å²) in [5.74, 6) is -0.150. The fourth-order valence-corrected chi connectivity index (χ4v) is 4.73. The van der Waals surface area contributed by atoms with E-state index in [0.717, 1.165) is 24.3 Å². The van der Waals surface area contributed by atoms with Gasteiger partial charge in [-0.25, -0.2) is 0 Å². The maximum absolute atomic E-state index is 12.8. The number of benzene rings is 3. The second-order valence-corrected chi connectivity index (χ2v) is 9.98. The minimum Gasteiger partial charge on any atom is -0.451 e. The van der Waals surface area contributed by atoms with Gasteiger partial charge in [0, 0.05) is 60.8 Å². The minimum absolute atomic E-state index is 0.0195. The minimum atomic E-state index is -0.547. The van der Waals surface area contributed by atoms with Gasteiger partial charge in [-0.05, 0) is 67.7 Å². The Labute approximate surface area is 241 Å². The molecule has 1 fully saturated rings. The Balaban J connectivity index is 1.12. The molecular formula is C30H27N5O5S. The van der Waals surface area contributed by atoms with Crippen LogP contribution in [-0.4, -0.2) is 52.9 Å². The number of non-ortho nitro benzene ring substituents is 1. The lowest BCUT2D eigenvalue weighted by Crippen LogP contribution is -2.48. The first-order valence-corrected chi connectivity index (χ1v) is 13.4. The SMILES string of the molecule is Cc1ccc(C(=O)N2CCN(c3ccc(NC(=S)NC(=O)c4ccc(-c5cccc([N+](=O)[O-])c5)o4)cc3)CC2)cc1. The molecule has 0 atom stereocenters. The summed E-state index contributed by atoms with van der Waals surface area (Å²) in [7, 11) is 0. The first kappa shape index (κ1) is 27.5. The molecule has 10 nitrogen and oxygen atoms in total. The van der Waals surface area contributed by atoms with Crippen LogP contribution in [0.1, 0.15) is 26.5 Å². The molecule has 4 aromatic rings. The van der Waals surface area contributed by atoms with Gasteiger partial charge >= 0.3 is 0 Å². The molecule has 208 valence electrons. The highest BCUT2D eigenvalue weighted by Gasteiger charge is 2.22. The van der Waals surface area contributed by atoms with E-state index in [9.17, 15) is 19.7 Å². The van der Waals surface area contributed by atoms with Gasteiger partial charge in [-0.3, -0.25) is 25.0 Å². The van der Waals surface area contributed by atoms with E-state index < -0.39 is 10.8 Å². The quantitative estimate of drug-likeness (QED) is 0.183. The van der Waals surface area contributed by atoms with Crippen molar-refractivity contribution >= 4 is 46.2 Å². The van der Waals surface area contributed by atoms with Gasteiger partial charge in [-0.1, -0.05) is 29.8 Å². The predicted octanol–water partition coefficient (Wildman–Crippen LogP) is 5.25. The molecule has 0 bridgehead atoms. The number of aryl methyl sites for hydroxylation is 1. The molecule has 0 spiro atoms. The zero-order valence-electron chi connectivity index (χ0n) is 22.2. The molecule has 0 radical (unpaired) electrons. The van der Waals surface area contributed by atoms with Crippen LogP contribution in [0, 0.1) is 17.0 Å². The van der Waals surface area contributed by atoms with Crippen LogP contribution >= 0.6 is 12.2 Å². The lowest BCUT2D eigenvalue weighted by molar-refractivity contribution is -0.384.